The van der Waals surface area contributed by atoms with Crippen LogP contribution < -0.4 is 10.5 Å². The van der Waals surface area contributed by atoms with Crippen molar-refractivity contribution in [1.82, 2.24) is 10.0 Å². The third-order valence-electron chi connectivity index (χ3n) is 2.69. The topological polar surface area (TPSA) is 70.1 Å². The number of ether oxygens (including phenoxy) is 1. The molecule has 5 nitrogen and oxygen atoms in total. The first-order valence-corrected chi connectivity index (χ1v) is 4.98. The summed E-state index contributed by atoms with van der Waals surface area (Å²) in [7, 11) is 0. The van der Waals surface area contributed by atoms with E-state index in [-0.39, 0.29) is 22.9 Å². The van der Waals surface area contributed by atoms with Crippen LogP contribution in [0.15, 0.2) is 24.3 Å². The number of halogens is 1. The van der Waals surface area contributed by atoms with E-state index < -0.39 is 5.91 Å². The lowest BCUT2D eigenvalue weighted by molar-refractivity contribution is 0.0990. The van der Waals surface area contributed by atoms with E-state index in [0.717, 1.165) is 0 Å². The van der Waals surface area contributed by atoms with Gasteiger partial charge < -0.3 is 10.5 Å². The van der Waals surface area contributed by atoms with Gasteiger partial charge in [0.1, 0.15) is 18.1 Å². The van der Waals surface area contributed by atoms with Crippen molar-refractivity contribution in [3.8, 4) is 17.0 Å². The number of hydrogen-bond donors (Lipinski definition) is 1. The van der Waals surface area contributed by atoms with Crippen molar-refractivity contribution < 1.29 is 14.0 Å². The van der Waals surface area contributed by atoms with Gasteiger partial charge in [0.15, 0.2) is 5.69 Å². The average molecular weight is 233 g/mol. The van der Waals surface area contributed by atoms with E-state index in [2.05, 4.69) is 5.10 Å². The van der Waals surface area contributed by atoms with E-state index in [1.54, 1.807) is 24.3 Å². The van der Waals surface area contributed by atoms with E-state index in [0.29, 0.717) is 16.9 Å². The SMILES string of the molecule is NC(=O)c1nn(F)c2c1COc1ccccc1-2. The number of para-hydroxylation sites is 1. The van der Waals surface area contributed by atoms with E-state index in [4.69, 9.17) is 10.5 Å². The second kappa shape index (κ2) is 3.31. The molecule has 0 bridgehead atoms. The molecular weight excluding hydrogens is 225 g/mol. The van der Waals surface area contributed by atoms with Crippen LogP contribution in [0, 0.1) is 0 Å². The van der Waals surface area contributed by atoms with Gasteiger partial charge in [0.25, 0.3) is 5.91 Å². The first-order valence-electron chi connectivity index (χ1n) is 4.98. The Balaban J connectivity index is 2.30. The average Bonchev–Trinajstić information content (AvgIpc) is 2.67. The van der Waals surface area contributed by atoms with Gasteiger partial charge in [-0.1, -0.05) is 21.5 Å². The molecule has 0 radical (unpaired) electrons. The molecule has 1 amide bonds. The Bertz CT molecular complexity index is 621. The number of carbonyl (C=O) groups is 1. The first kappa shape index (κ1) is 9.83. The minimum Gasteiger partial charge on any atom is -0.488 e. The summed E-state index contributed by atoms with van der Waals surface area (Å²) in [5.41, 5.74) is 6.24. The Labute approximate surface area is 95.5 Å². The summed E-state index contributed by atoms with van der Waals surface area (Å²) in [4.78, 5) is 11.3. The number of fused-ring (bicyclic) bond motifs is 3. The lowest BCUT2D eigenvalue weighted by Gasteiger charge is -2.17. The summed E-state index contributed by atoms with van der Waals surface area (Å²) >= 11 is 0. The Morgan fingerprint density at radius 2 is 2.24 bits per heavy atom. The molecule has 0 aliphatic carbocycles. The molecule has 1 aliphatic rings. The minimum atomic E-state index is -0.763. The Kier molecular flexibility index (Phi) is 1.91. The molecule has 1 aromatic carbocycles. The Morgan fingerprint density at radius 3 is 3.00 bits per heavy atom. The van der Waals surface area contributed by atoms with Gasteiger partial charge in [-0.05, 0) is 12.1 Å². The minimum absolute atomic E-state index is 0.0861. The molecule has 2 heterocycles. The highest BCUT2D eigenvalue weighted by molar-refractivity contribution is 5.94. The van der Waals surface area contributed by atoms with Gasteiger partial charge in [-0.25, -0.2) is 0 Å². The maximum Gasteiger partial charge on any atom is 0.269 e. The number of carbonyl (C=O) groups excluding carboxylic acids is 1. The van der Waals surface area contributed by atoms with Crippen LogP contribution in [0.4, 0.5) is 4.48 Å². The Hall–Kier alpha value is -2.37. The van der Waals surface area contributed by atoms with Crippen molar-refractivity contribution in [1.29, 1.82) is 0 Å². The molecule has 1 aromatic heterocycles. The third-order valence-corrected chi connectivity index (χ3v) is 2.69. The van der Waals surface area contributed by atoms with Crippen molar-refractivity contribution >= 4 is 5.91 Å². The van der Waals surface area contributed by atoms with Crippen molar-refractivity contribution in [2.24, 2.45) is 5.73 Å². The summed E-state index contributed by atoms with van der Waals surface area (Å²) in [5, 5.41) is 3.49. The molecule has 2 aromatic rings. The van der Waals surface area contributed by atoms with Crippen LogP contribution in [0.2, 0.25) is 0 Å². The zero-order valence-corrected chi connectivity index (χ0v) is 8.68. The van der Waals surface area contributed by atoms with Crippen LogP contribution in [-0.4, -0.2) is 15.9 Å². The number of nitrogens with zero attached hydrogens (tertiary/aromatic N) is 2. The van der Waals surface area contributed by atoms with Gasteiger partial charge in [-0.15, -0.1) is 5.10 Å². The van der Waals surface area contributed by atoms with Gasteiger partial charge in [0.05, 0.1) is 5.56 Å². The highest BCUT2D eigenvalue weighted by Gasteiger charge is 2.28. The summed E-state index contributed by atoms with van der Waals surface area (Å²) in [6.07, 6.45) is 0. The molecule has 0 fully saturated rings. The van der Waals surface area contributed by atoms with Crippen LogP contribution in [-0.2, 0) is 6.61 Å². The van der Waals surface area contributed by atoms with Crippen LogP contribution in [0.25, 0.3) is 11.3 Å². The van der Waals surface area contributed by atoms with E-state index in [1.165, 1.54) is 0 Å². The molecule has 0 saturated heterocycles. The van der Waals surface area contributed by atoms with Crippen LogP contribution in [0.5, 0.6) is 5.75 Å². The standard InChI is InChI=1S/C11H8FN3O2/c12-15-10-6-3-1-2-4-8(6)17-5-7(10)9(14-15)11(13)16/h1-4H,5H2,(H2,13,16). The quantitative estimate of drug-likeness (QED) is 0.806. The van der Waals surface area contributed by atoms with Gasteiger partial charge >= 0.3 is 0 Å². The second-order valence-corrected chi connectivity index (χ2v) is 3.68. The van der Waals surface area contributed by atoms with Gasteiger partial charge in [0.2, 0.25) is 0 Å². The molecule has 2 N–H and O–H groups in total. The fourth-order valence-corrected chi connectivity index (χ4v) is 1.96. The van der Waals surface area contributed by atoms with Gasteiger partial charge in [-0.2, -0.15) is 0 Å². The molecule has 3 rings (SSSR count). The fraction of sp³-hybridized carbons (Fsp3) is 0.0909. The van der Waals surface area contributed by atoms with Gasteiger partial charge in [-0.3, -0.25) is 4.79 Å². The van der Waals surface area contributed by atoms with Crippen LogP contribution in [0.1, 0.15) is 16.1 Å². The molecule has 0 spiro atoms. The van der Waals surface area contributed by atoms with Crippen molar-refractivity contribution in [3.05, 3.63) is 35.5 Å². The summed E-state index contributed by atoms with van der Waals surface area (Å²) in [6.45, 7) is 0.0918. The number of benzene rings is 1. The van der Waals surface area contributed by atoms with Crippen molar-refractivity contribution in [2.75, 3.05) is 0 Å². The number of hydrogen-bond acceptors (Lipinski definition) is 3. The molecule has 0 saturated carbocycles. The van der Waals surface area contributed by atoms with Crippen LogP contribution in [0.3, 0.4) is 0 Å². The summed E-state index contributed by atoms with van der Waals surface area (Å²) in [6, 6.07) is 6.98. The Morgan fingerprint density at radius 1 is 1.47 bits per heavy atom. The van der Waals surface area contributed by atoms with Crippen LogP contribution >= 0.6 is 0 Å². The summed E-state index contributed by atoms with van der Waals surface area (Å²) < 4.78 is 19.1. The van der Waals surface area contributed by atoms with Gasteiger partial charge in [0, 0.05) is 5.56 Å². The van der Waals surface area contributed by atoms with Crippen molar-refractivity contribution in [2.45, 2.75) is 6.61 Å². The number of aromatic nitrogens is 2. The zero-order chi connectivity index (χ0) is 12.0. The predicted molar refractivity (Wildman–Crippen MR) is 57.0 cm³/mol. The number of nitrogens with two attached hydrogens (primary N) is 1. The lowest BCUT2D eigenvalue weighted by Crippen LogP contribution is -2.16. The van der Waals surface area contributed by atoms with Crippen molar-refractivity contribution in [3.63, 3.8) is 0 Å². The summed E-state index contributed by atoms with van der Waals surface area (Å²) in [5.74, 6) is -0.199. The highest BCUT2D eigenvalue weighted by atomic mass is 19.2. The highest BCUT2D eigenvalue weighted by Crippen LogP contribution is 2.38. The number of amides is 1. The smallest absolute Gasteiger partial charge is 0.269 e. The third kappa shape index (κ3) is 1.30. The maximum atomic E-state index is 13.7. The largest absolute Gasteiger partial charge is 0.488 e. The molecule has 17 heavy (non-hydrogen) atoms. The molecule has 1 aliphatic heterocycles. The zero-order valence-electron chi connectivity index (χ0n) is 8.68. The van der Waals surface area contributed by atoms with E-state index >= 15 is 0 Å². The molecule has 6 heteroatoms. The second-order valence-electron chi connectivity index (χ2n) is 3.68. The predicted octanol–water partition coefficient (Wildman–Crippen LogP) is 1.27. The lowest BCUT2D eigenvalue weighted by atomic mass is 10.0. The number of primary amides is 1. The molecule has 0 unspecified atom stereocenters. The van der Waals surface area contributed by atoms with E-state index in [1.807, 2.05) is 0 Å². The number of rotatable bonds is 1. The molecule has 0 atom stereocenters. The first-order chi connectivity index (χ1) is 8.18. The van der Waals surface area contributed by atoms with E-state index in [9.17, 15) is 9.28 Å². The monoisotopic (exact) mass is 233 g/mol. The normalized spacial score (nSPS) is 12.5. The molecule has 86 valence electrons. The fourth-order valence-electron chi connectivity index (χ4n) is 1.96. The maximum absolute atomic E-state index is 13.7. The molecular formula is C11H8FN3O2.